The monoisotopic (exact) mass is 1420 g/mol. The van der Waals surface area contributed by atoms with Gasteiger partial charge in [-0.1, -0.05) is 59.9 Å². The molecule has 2 aliphatic heterocycles. The van der Waals surface area contributed by atoms with E-state index in [0.717, 1.165) is 57.6 Å². The number of nitrogens with zero attached hydrogens (tertiary/aromatic N) is 9. The molecule has 2 fully saturated rings. The molecule has 0 radical (unpaired) electrons. The Bertz CT molecular complexity index is 5140. The van der Waals surface area contributed by atoms with E-state index < -0.39 is 128 Å². The number of nitrogens with two attached hydrogens (primary N) is 2. The van der Waals surface area contributed by atoms with Crippen molar-refractivity contribution in [1.29, 1.82) is 0 Å². The number of thioether (sulfide) groups is 2. The van der Waals surface area contributed by atoms with E-state index in [1.807, 2.05) is 0 Å². The fourth-order valence-electron chi connectivity index (χ4n) is 10.8. The molecular weight excluding hydrogens is 1380 g/mol. The Morgan fingerprint density at radius 3 is 1.09 bits per heavy atom. The maximum Gasteiger partial charge on any atom is 0.296 e. The molecule has 95 heavy (non-hydrogen) atoms. The number of rotatable bonds is 16. The minimum atomic E-state index is -5.13. The summed E-state index contributed by atoms with van der Waals surface area (Å²) in [7, 11) is -20.4. The zero-order valence-corrected chi connectivity index (χ0v) is 54.9. The average Bonchev–Trinajstić information content (AvgIpc) is 1.68. The minimum absolute atomic E-state index is 0.0349. The largest absolute Gasteiger partial charge is 0.505 e. The van der Waals surface area contributed by atoms with Gasteiger partial charge in [-0.3, -0.25) is 37.4 Å². The quantitative estimate of drug-likeness (QED) is 0.0143. The van der Waals surface area contributed by atoms with E-state index in [2.05, 4.69) is 48.0 Å². The molecule has 2 aliphatic rings. The Morgan fingerprint density at radius 2 is 0.768 bits per heavy atom. The number of imide groups is 2. The van der Waals surface area contributed by atoms with Gasteiger partial charge in [-0.25, -0.2) is 9.80 Å². The molecule has 0 saturated carbocycles. The lowest BCUT2D eigenvalue weighted by Gasteiger charge is -2.18. The summed E-state index contributed by atoms with van der Waals surface area (Å²) < 4.78 is 136. The van der Waals surface area contributed by atoms with Crippen molar-refractivity contribution in [1.82, 2.24) is 15.0 Å². The van der Waals surface area contributed by atoms with Crippen LogP contribution in [0.3, 0.4) is 0 Å². The van der Waals surface area contributed by atoms with Crippen LogP contribution in [0.25, 0.3) is 43.8 Å². The smallest absolute Gasteiger partial charge is 0.296 e. The highest BCUT2D eigenvalue weighted by atomic mass is 32.2. The number of aromatic nitrogens is 3. The Labute approximate surface area is 552 Å². The molecule has 0 spiro atoms. The van der Waals surface area contributed by atoms with E-state index in [-0.39, 0.29) is 50.5 Å². The molecule has 9 aromatic rings. The molecule has 2 unspecified atom stereocenters. The van der Waals surface area contributed by atoms with E-state index >= 15 is 0 Å². The van der Waals surface area contributed by atoms with Crippen molar-refractivity contribution in [2.45, 2.75) is 86.1 Å². The van der Waals surface area contributed by atoms with Crippen molar-refractivity contribution < 1.29 is 81.3 Å². The van der Waals surface area contributed by atoms with E-state index in [1.54, 1.807) is 100 Å². The summed E-state index contributed by atoms with van der Waals surface area (Å²) >= 11 is 6.17. The second-order valence-electron chi connectivity index (χ2n) is 21.5. The highest BCUT2D eigenvalue weighted by Gasteiger charge is 2.43. The highest BCUT2D eigenvalue weighted by Crippen LogP contribution is 2.47. The topological polar surface area (TPSA) is 473 Å². The molecule has 488 valence electrons. The lowest BCUT2D eigenvalue weighted by Crippen LogP contribution is -2.32. The van der Waals surface area contributed by atoms with Gasteiger partial charge in [0.2, 0.25) is 23.6 Å². The van der Waals surface area contributed by atoms with Gasteiger partial charge in [-0.05, 0) is 145 Å². The summed E-state index contributed by atoms with van der Waals surface area (Å²) in [6.07, 6.45) is -0.427. The zero-order chi connectivity index (χ0) is 68.9. The number of carbonyl (C=O) groups is 4. The molecular formula is C59H47N11O18S7. The third-order valence-electron chi connectivity index (χ3n) is 15.3. The molecule has 2 atom stereocenters. The van der Waals surface area contributed by atoms with Gasteiger partial charge in [0.15, 0.2) is 27.0 Å². The third kappa shape index (κ3) is 13.0. The number of nitrogen functional groups attached to an aromatic ring is 2. The van der Waals surface area contributed by atoms with E-state index in [4.69, 9.17) is 11.5 Å². The van der Waals surface area contributed by atoms with Crippen LogP contribution in [0.15, 0.2) is 165 Å². The Hall–Kier alpha value is -9.34. The molecule has 29 nitrogen and oxygen atoms in total. The minimum Gasteiger partial charge on any atom is -0.505 e. The summed E-state index contributed by atoms with van der Waals surface area (Å²) in [5.41, 5.74) is 16.4. The molecule has 36 heteroatoms. The molecule has 2 saturated heterocycles. The van der Waals surface area contributed by atoms with Gasteiger partial charge < -0.3 is 21.7 Å². The first-order chi connectivity index (χ1) is 44.5. The first-order valence-corrected chi connectivity index (χ1v) is 35.3. The van der Waals surface area contributed by atoms with Crippen LogP contribution in [-0.2, 0) is 59.7 Å². The number of hydrogen-bond donors (Lipinski definition) is 9. The van der Waals surface area contributed by atoms with Crippen LogP contribution in [-0.4, -0.2) is 111 Å². The van der Waals surface area contributed by atoms with Gasteiger partial charge >= 0.3 is 0 Å². The van der Waals surface area contributed by atoms with Gasteiger partial charge in [0.25, 0.3) is 40.5 Å². The van der Waals surface area contributed by atoms with Gasteiger partial charge in [0.1, 0.15) is 41.5 Å². The molecule has 11 rings (SSSR count). The number of carbonyl (C=O) groups excluding carboxylic acids is 4. The molecule has 0 bridgehead atoms. The van der Waals surface area contributed by atoms with Crippen molar-refractivity contribution in [2.24, 2.45) is 20.5 Å². The maximum atomic E-state index is 14.1. The second kappa shape index (κ2) is 24.8. The van der Waals surface area contributed by atoms with Gasteiger partial charge in [-0.15, -0.1) is 22.9 Å². The number of amides is 4. The van der Waals surface area contributed by atoms with Crippen LogP contribution in [0.4, 0.5) is 45.5 Å². The van der Waals surface area contributed by atoms with Crippen molar-refractivity contribution in [3.63, 3.8) is 0 Å². The number of aromatic hydroxyl groups is 2. The van der Waals surface area contributed by atoms with Crippen LogP contribution in [0.5, 0.6) is 11.5 Å². The molecule has 0 aliphatic carbocycles. The van der Waals surface area contributed by atoms with Crippen molar-refractivity contribution in [2.75, 3.05) is 21.3 Å². The van der Waals surface area contributed by atoms with Crippen LogP contribution in [0.2, 0.25) is 0 Å². The normalized spacial score (nSPS) is 15.9. The van der Waals surface area contributed by atoms with Gasteiger partial charge in [0, 0.05) is 23.6 Å². The van der Waals surface area contributed by atoms with Gasteiger partial charge in [0.05, 0.1) is 44.9 Å². The standard InChI is InChI=1S/C59H47N11O18S7/c1-25-17-29(5-11-35(25)65-67-37-13-9-33-43(92(77,78)79)23-45(94(83,84)85)51(60)49(33)53(37)73)31-7-15-39(27(3)19-31)69-47(71)21-41(55(69)75)90-58-62-57(89)63-59(64-58)91-42-22-48(72)70(56(42)76)40-16-8-32(20-28(40)4)30-6-12-36(26(2)18-30)66-68-38-14-10-34-44(93(80,81)82)24-46(95(86,87)88)52(61)50(34)54(38)74/h5-20,23-24,41-42,73-74H,21-22,60-61H2,1-4H3,(H,77,78,79)(H,80,81,82)(H,83,84,85)(H,86,87,88)(H,62,63,64,89). The summed E-state index contributed by atoms with van der Waals surface area (Å²) in [4.78, 5) is 66.5. The number of phenolic OH excluding ortho intramolecular Hbond substituents is 2. The summed E-state index contributed by atoms with van der Waals surface area (Å²) in [5, 5.41) is 35.1. The van der Waals surface area contributed by atoms with Gasteiger partial charge in [-0.2, -0.15) is 58.9 Å². The molecule has 3 heterocycles. The van der Waals surface area contributed by atoms with Crippen molar-refractivity contribution in [3.8, 4) is 33.8 Å². The average molecular weight is 1420 g/mol. The number of azo groups is 2. The number of fused-ring (bicyclic) bond motifs is 2. The lowest BCUT2D eigenvalue weighted by molar-refractivity contribution is -0.122. The molecule has 10 N–H and O–H groups in total. The summed E-state index contributed by atoms with van der Waals surface area (Å²) in [6, 6.07) is 25.9. The van der Waals surface area contributed by atoms with Crippen LogP contribution in [0.1, 0.15) is 35.1 Å². The summed E-state index contributed by atoms with van der Waals surface area (Å²) in [6.45, 7) is 6.89. The predicted molar refractivity (Wildman–Crippen MR) is 351 cm³/mol. The predicted octanol–water partition coefficient (Wildman–Crippen LogP) is 10.3. The fraction of sp³-hybridized carbons (Fsp3) is 0.136. The number of benzene rings is 8. The second-order valence-corrected chi connectivity index (χ2v) is 29.8. The molecule has 4 amide bonds. The van der Waals surface area contributed by atoms with E-state index in [0.29, 0.717) is 79.4 Å². The third-order valence-corrected chi connectivity index (χ3v) is 21.2. The number of hydrogen-bond acceptors (Lipinski definition) is 26. The number of thiol groups is 1. The van der Waals surface area contributed by atoms with Crippen LogP contribution < -0.4 is 21.3 Å². The first kappa shape index (κ1) is 67.1. The Kier molecular flexibility index (Phi) is 17.5. The number of phenols is 2. The summed E-state index contributed by atoms with van der Waals surface area (Å²) in [5.74, 6) is -3.65. The highest BCUT2D eigenvalue weighted by molar-refractivity contribution is 8.01. The van der Waals surface area contributed by atoms with Crippen molar-refractivity contribution in [3.05, 3.63) is 131 Å². The van der Waals surface area contributed by atoms with E-state index in [9.17, 15) is 81.3 Å². The molecule has 8 aromatic carbocycles. The SMILES string of the molecule is Cc1cc(-c2ccc(N3C(=O)CC(Sc4nc(S)nc(SC5CC(=O)N(c6ccc(-c7ccc(N=Nc8ccc9c(S(=O)(=O)O)cc(S(=O)(=O)O)c(N)c9c8O)c(C)c7)cc6C)C5=O)n4)C3=O)c(C)c2)ccc1N=Nc1ccc2c(S(=O)(=O)O)cc(S(=O)(=O)O)c(N)c2c1O. The first-order valence-electron chi connectivity index (χ1n) is 27.3. The van der Waals surface area contributed by atoms with Crippen molar-refractivity contribution >= 4 is 167 Å². The van der Waals surface area contributed by atoms with E-state index in [1.165, 1.54) is 0 Å². The Balaban J connectivity index is 0.737. The maximum absolute atomic E-state index is 14.1. The Morgan fingerprint density at radius 1 is 0.453 bits per heavy atom. The number of aryl methyl sites for hydroxylation is 4. The number of anilines is 4. The lowest BCUT2D eigenvalue weighted by atomic mass is 10.00. The molecule has 1 aromatic heterocycles. The van der Waals surface area contributed by atoms with Crippen LogP contribution in [0, 0.1) is 27.7 Å². The fourth-order valence-corrected chi connectivity index (χ4v) is 16.0. The zero-order valence-electron chi connectivity index (χ0n) is 49.1. The van der Waals surface area contributed by atoms with Crippen LogP contribution >= 0.6 is 36.2 Å².